The smallest absolute Gasteiger partial charge is 0.269 e. The summed E-state index contributed by atoms with van der Waals surface area (Å²) in [7, 11) is 2.14. The Bertz CT molecular complexity index is 1470. The molecule has 196 valence electrons. The lowest BCUT2D eigenvalue weighted by molar-refractivity contribution is 0.0944. The molecule has 1 amide bonds. The third-order valence-corrected chi connectivity index (χ3v) is 7.06. The minimum atomic E-state index is -0.297. The van der Waals surface area contributed by atoms with Crippen LogP contribution in [-0.4, -0.2) is 75.1 Å². The summed E-state index contributed by atoms with van der Waals surface area (Å²) in [6.07, 6.45) is 1.58. The van der Waals surface area contributed by atoms with Crippen LogP contribution in [0, 0.1) is 16.7 Å². The Morgan fingerprint density at radius 1 is 1.11 bits per heavy atom. The number of rotatable bonds is 6. The van der Waals surface area contributed by atoms with Crippen LogP contribution in [0.3, 0.4) is 0 Å². The van der Waals surface area contributed by atoms with Gasteiger partial charge in [-0.2, -0.15) is 24.8 Å². The van der Waals surface area contributed by atoms with E-state index in [9.17, 15) is 10.1 Å². The van der Waals surface area contributed by atoms with Gasteiger partial charge in [0.2, 0.25) is 11.8 Å². The molecule has 4 aromatic rings. The summed E-state index contributed by atoms with van der Waals surface area (Å²) < 4.78 is 1.51. The molecular formula is C26H30N10OS. The van der Waals surface area contributed by atoms with Crippen LogP contribution in [0.5, 0.6) is 0 Å². The number of anilines is 2. The van der Waals surface area contributed by atoms with Crippen molar-refractivity contribution in [2.24, 2.45) is 5.41 Å². The fraction of sp³-hybridized carbons (Fsp3) is 0.385. The van der Waals surface area contributed by atoms with E-state index in [4.69, 9.17) is 4.98 Å². The summed E-state index contributed by atoms with van der Waals surface area (Å²) in [6.45, 7) is 10.6. The van der Waals surface area contributed by atoms with E-state index in [0.29, 0.717) is 23.7 Å². The number of carbonyl (C=O) groups is 1. The number of carbonyl (C=O) groups excluding carboxylic acids is 1. The van der Waals surface area contributed by atoms with Crippen molar-refractivity contribution in [1.29, 1.82) is 5.26 Å². The number of nitriles is 1. The maximum absolute atomic E-state index is 13.3. The molecule has 11 nitrogen and oxygen atoms in total. The molecule has 3 aromatic heterocycles. The number of hydrazine groups is 1. The first-order chi connectivity index (χ1) is 18.2. The van der Waals surface area contributed by atoms with Crippen LogP contribution in [0.25, 0.3) is 16.9 Å². The Morgan fingerprint density at radius 3 is 2.53 bits per heavy atom. The first-order valence-electron chi connectivity index (χ1n) is 12.4. The van der Waals surface area contributed by atoms with Crippen LogP contribution in [0.1, 0.15) is 37.0 Å². The zero-order valence-corrected chi connectivity index (χ0v) is 22.7. The molecule has 1 aromatic carbocycles. The predicted octanol–water partition coefficient (Wildman–Crippen LogP) is 3.07. The second-order valence-corrected chi connectivity index (χ2v) is 11.4. The van der Waals surface area contributed by atoms with Crippen LogP contribution in [-0.2, 0) is 0 Å². The van der Waals surface area contributed by atoms with Gasteiger partial charge >= 0.3 is 0 Å². The Kier molecular flexibility index (Phi) is 6.96. The van der Waals surface area contributed by atoms with Crippen molar-refractivity contribution in [1.82, 2.24) is 34.9 Å². The van der Waals surface area contributed by atoms with Crippen molar-refractivity contribution in [3.05, 3.63) is 53.3 Å². The highest BCUT2D eigenvalue weighted by molar-refractivity contribution is 7.14. The highest BCUT2D eigenvalue weighted by atomic mass is 32.1. The van der Waals surface area contributed by atoms with Gasteiger partial charge in [0.15, 0.2) is 10.8 Å². The minimum Gasteiger partial charge on any atom is -0.346 e. The van der Waals surface area contributed by atoms with E-state index in [1.54, 1.807) is 40.7 Å². The molecule has 12 heteroatoms. The molecule has 0 bridgehead atoms. The van der Waals surface area contributed by atoms with Gasteiger partial charge in [-0.15, -0.1) is 11.3 Å². The Labute approximate surface area is 225 Å². The molecule has 1 aliphatic rings. The van der Waals surface area contributed by atoms with Crippen molar-refractivity contribution >= 4 is 34.0 Å². The van der Waals surface area contributed by atoms with Gasteiger partial charge in [-0.25, -0.2) is 4.98 Å². The van der Waals surface area contributed by atoms with E-state index in [-0.39, 0.29) is 17.1 Å². The normalized spacial score (nSPS) is 14.4. The van der Waals surface area contributed by atoms with Crippen molar-refractivity contribution in [2.45, 2.75) is 20.8 Å². The highest BCUT2D eigenvalue weighted by Gasteiger charge is 2.24. The Hall–Kier alpha value is -4.08. The van der Waals surface area contributed by atoms with Crippen LogP contribution in [0.15, 0.2) is 41.9 Å². The van der Waals surface area contributed by atoms with Crippen LogP contribution < -0.4 is 15.3 Å². The SMILES string of the molecule is CN1CCN(c2nc(-c3ccc(C(=O)NN(CC(C)(C)C)c4nc(C#N)nc5ccnn45)cc3)cs2)CC1. The molecule has 38 heavy (non-hydrogen) atoms. The van der Waals surface area contributed by atoms with Crippen LogP contribution in [0.2, 0.25) is 0 Å². The third kappa shape index (κ3) is 5.58. The molecule has 0 aliphatic carbocycles. The Balaban J connectivity index is 1.35. The fourth-order valence-electron chi connectivity index (χ4n) is 4.19. The molecule has 0 unspecified atom stereocenters. The third-order valence-electron chi connectivity index (χ3n) is 6.16. The minimum absolute atomic E-state index is 0.00437. The molecule has 0 radical (unpaired) electrons. The number of nitrogens with zero attached hydrogens (tertiary/aromatic N) is 9. The van der Waals surface area contributed by atoms with Gasteiger partial charge in [0, 0.05) is 55.3 Å². The zero-order valence-electron chi connectivity index (χ0n) is 21.9. The van der Waals surface area contributed by atoms with E-state index in [1.807, 2.05) is 18.2 Å². The standard InChI is InChI=1S/C26H30N10OS/c1-26(2,3)17-35(24-31-21(15-27)30-22-9-10-28-36(22)24)32-23(37)19-7-5-18(6-8-19)20-16-38-25(29-20)34-13-11-33(4)12-14-34/h5-10,16H,11-14,17H2,1-4H3,(H,32,37). The van der Waals surface area contributed by atoms with Gasteiger partial charge in [0.25, 0.3) is 5.91 Å². The molecular weight excluding hydrogens is 500 g/mol. The fourth-order valence-corrected chi connectivity index (χ4v) is 5.08. The number of piperazine rings is 1. The first-order valence-corrected chi connectivity index (χ1v) is 13.3. The number of fused-ring (bicyclic) bond motifs is 1. The summed E-state index contributed by atoms with van der Waals surface area (Å²) in [5, 5.41) is 18.4. The second kappa shape index (κ2) is 10.4. The summed E-state index contributed by atoms with van der Waals surface area (Å²) in [5.41, 5.74) is 5.59. The quantitative estimate of drug-likeness (QED) is 0.375. The summed E-state index contributed by atoms with van der Waals surface area (Å²) in [6, 6.07) is 11.1. The number of benzene rings is 1. The van der Waals surface area contributed by atoms with E-state index >= 15 is 0 Å². The number of nitrogens with one attached hydrogen (secondary N) is 1. The monoisotopic (exact) mass is 530 g/mol. The van der Waals surface area contributed by atoms with Crippen molar-refractivity contribution in [3.8, 4) is 17.3 Å². The maximum atomic E-state index is 13.3. The summed E-state index contributed by atoms with van der Waals surface area (Å²) >= 11 is 1.65. The molecule has 0 atom stereocenters. The molecule has 5 rings (SSSR count). The van der Waals surface area contributed by atoms with Crippen molar-refractivity contribution < 1.29 is 4.79 Å². The number of amides is 1. The van der Waals surface area contributed by atoms with E-state index in [1.165, 1.54) is 4.52 Å². The van der Waals surface area contributed by atoms with Gasteiger partial charge in [-0.1, -0.05) is 32.9 Å². The van der Waals surface area contributed by atoms with Crippen molar-refractivity contribution in [3.63, 3.8) is 0 Å². The lowest BCUT2D eigenvalue weighted by atomic mass is 9.97. The lowest BCUT2D eigenvalue weighted by Crippen LogP contribution is -2.48. The van der Waals surface area contributed by atoms with Crippen molar-refractivity contribution in [2.75, 3.05) is 49.7 Å². The second-order valence-electron chi connectivity index (χ2n) is 10.5. The topological polar surface area (TPSA) is 119 Å². The van der Waals surface area contributed by atoms with Crippen LogP contribution >= 0.6 is 11.3 Å². The summed E-state index contributed by atoms with van der Waals surface area (Å²) in [5.74, 6) is 0.0229. The molecule has 1 N–H and O–H groups in total. The zero-order chi connectivity index (χ0) is 26.9. The number of hydrogen-bond acceptors (Lipinski definition) is 10. The van der Waals surface area contributed by atoms with Gasteiger partial charge < -0.3 is 9.80 Å². The Morgan fingerprint density at radius 2 is 1.84 bits per heavy atom. The van der Waals surface area contributed by atoms with Crippen LogP contribution in [0.4, 0.5) is 11.1 Å². The molecule has 0 saturated carbocycles. The number of aromatic nitrogens is 5. The predicted molar refractivity (Wildman–Crippen MR) is 147 cm³/mol. The average molecular weight is 531 g/mol. The number of hydrogen-bond donors (Lipinski definition) is 1. The average Bonchev–Trinajstić information content (AvgIpc) is 3.57. The molecule has 1 fully saturated rings. The first kappa shape index (κ1) is 25.6. The van der Waals surface area contributed by atoms with Gasteiger partial charge in [0.1, 0.15) is 6.07 Å². The van der Waals surface area contributed by atoms with E-state index in [0.717, 1.165) is 42.6 Å². The van der Waals surface area contributed by atoms with Gasteiger partial charge in [-0.05, 0) is 24.6 Å². The lowest BCUT2D eigenvalue weighted by Gasteiger charge is -2.32. The number of likely N-dealkylation sites (N-methyl/N-ethyl adjacent to an activating group) is 1. The van der Waals surface area contributed by atoms with Gasteiger partial charge in [0.05, 0.1) is 11.9 Å². The number of thiazole rings is 1. The summed E-state index contributed by atoms with van der Waals surface area (Å²) in [4.78, 5) is 31.3. The van der Waals surface area contributed by atoms with Gasteiger partial charge in [-0.3, -0.25) is 15.2 Å². The molecule has 1 aliphatic heterocycles. The highest BCUT2D eigenvalue weighted by Crippen LogP contribution is 2.28. The molecule has 4 heterocycles. The molecule has 1 saturated heterocycles. The molecule has 0 spiro atoms. The van der Waals surface area contributed by atoms with E-state index in [2.05, 4.69) is 63.5 Å². The maximum Gasteiger partial charge on any atom is 0.269 e. The van der Waals surface area contributed by atoms with E-state index < -0.39 is 0 Å². The largest absolute Gasteiger partial charge is 0.346 e.